The number of aliphatic hydroxyl groups is 1. The van der Waals surface area contributed by atoms with E-state index in [0.717, 1.165) is 18.2 Å². The first-order valence-corrected chi connectivity index (χ1v) is 4.65. The van der Waals surface area contributed by atoms with Gasteiger partial charge >= 0.3 is 0 Å². The molecular weight excluding hydrogens is 256 g/mol. The summed E-state index contributed by atoms with van der Waals surface area (Å²) >= 11 is 16.1. The number of hydrogen-bond acceptors (Lipinski definition) is 1. The Morgan fingerprint density at radius 2 is 1.71 bits per heavy atom. The minimum Gasteiger partial charge on any atom is -0.384 e. The Kier molecular flexibility index (Phi) is 3.58. The molecule has 0 saturated carbocycles. The molecule has 1 aromatic carbocycles. The van der Waals surface area contributed by atoms with Crippen molar-refractivity contribution in [1.29, 1.82) is 0 Å². The van der Waals surface area contributed by atoms with Gasteiger partial charge < -0.3 is 5.11 Å². The predicted molar refractivity (Wildman–Crippen MR) is 51.6 cm³/mol. The average Bonchev–Trinajstić information content (AvgIpc) is 2.07. The molecule has 0 aromatic heterocycles. The summed E-state index contributed by atoms with van der Waals surface area (Å²) in [5.41, 5.74) is 0.00361. The first-order chi connectivity index (χ1) is 6.32. The Balaban J connectivity index is 3.03. The maximum Gasteiger partial charge on any atom is 0.220 e. The average molecular weight is 261 g/mol. The molecule has 14 heavy (non-hydrogen) atoms. The van der Waals surface area contributed by atoms with E-state index < -0.39 is 21.5 Å². The van der Waals surface area contributed by atoms with Crippen LogP contribution in [0.4, 0.5) is 8.78 Å². The first-order valence-electron chi connectivity index (χ1n) is 3.52. The van der Waals surface area contributed by atoms with Crippen LogP contribution in [0.5, 0.6) is 0 Å². The van der Waals surface area contributed by atoms with E-state index in [1.165, 1.54) is 0 Å². The third kappa shape index (κ3) is 2.70. The predicted octanol–water partition coefficient (Wildman–Crippen LogP) is 3.37. The molecule has 1 rings (SSSR count). The maximum atomic E-state index is 12.7. The fourth-order valence-corrected chi connectivity index (χ4v) is 1.25. The quantitative estimate of drug-likeness (QED) is 0.769. The molecule has 1 nitrogen and oxygen atoms in total. The third-order valence-electron chi connectivity index (χ3n) is 1.57. The summed E-state index contributed by atoms with van der Waals surface area (Å²) in [5.74, 6) is -2.12. The van der Waals surface area contributed by atoms with Gasteiger partial charge in [-0.05, 0) is 17.7 Å². The second kappa shape index (κ2) is 4.19. The summed E-state index contributed by atoms with van der Waals surface area (Å²) in [6, 6.07) is 2.77. The third-order valence-corrected chi connectivity index (χ3v) is 2.19. The van der Waals surface area contributed by atoms with Crippen LogP contribution in [0, 0.1) is 11.6 Å². The van der Waals surface area contributed by atoms with E-state index in [0.29, 0.717) is 0 Å². The van der Waals surface area contributed by atoms with Crippen molar-refractivity contribution < 1.29 is 13.9 Å². The Labute approximate surface area is 94.2 Å². The van der Waals surface area contributed by atoms with Gasteiger partial charge in [-0.3, -0.25) is 0 Å². The Hall–Kier alpha value is -0.0900. The Morgan fingerprint density at radius 3 is 2.14 bits per heavy atom. The van der Waals surface area contributed by atoms with Crippen LogP contribution < -0.4 is 0 Å². The molecule has 0 saturated heterocycles. The molecule has 0 aliphatic carbocycles. The summed E-state index contributed by atoms with van der Waals surface area (Å²) in [7, 11) is 0. The molecule has 1 unspecified atom stereocenters. The number of rotatable bonds is 1. The van der Waals surface area contributed by atoms with Crippen molar-refractivity contribution in [3.05, 3.63) is 35.4 Å². The van der Waals surface area contributed by atoms with E-state index >= 15 is 0 Å². The van der Waals surface area contributed by atoms with Crippen LogP contribution in [0.3, 0.4) is 0 Å². The van der Waals surface area contributed by atoms with E-state index in [-0.39, 0.29) is 5.56 Å². The number of hydrogen-bond donors (Lipinski definition) is 1. The zero-order valence-electron chi connectivity index (χ0n) is 6.65. The molecule has 0 fully saturated rings. The molecule has 0 aliphatic heterocycles. The summed E-state index contributed by atoms with van der Waals surface area (Å²) in [6.45, 7) is 0. The van der Waals surface area contributed by atoms with Gasteiger partial charge in [-0.2, -0.15) is 0 Å². The lowest BCUT2D eigenvalue weighted by molar-refractivity contribution is 0.182. The van der Waals surface area contributed by atoms with Gasteiger partial charge in [0.25, 0.3) is 0 Å². The molecule has 0 amide bonds. The molecular formula is C8H5Cl3F2O. The second-order valence-corrected chi connectivity index (χ2v) is 4.99. The SMILES string of the molecule is OC(c1ccc(F)c(F)c1)C(Cl)(Cl)Cl. The van der Waals surface area contributed by atoms with Crippen molar-refractivity contribution >= 4 is 34.8 Å². The lowest BCUT2D eigenvalue weighted by Gasteiger charge is -2.19. The smallest absolute Gasteiger partial charge is 0.220 e. The van der Waals surface area contributed by atoms with Crippen molar-refractivity contribution in [2.75, 3.05) is 0 Å². The van der Waals surface area contributed by atoms with Crippen molar-refractivity contribution in [3.63, 3.8) is 0 Å². The molecule has 0 radical (unpaired) electrons. The van der Waals surface area contributed by atoms with Crippen molar-refractivity contribution in [2.45, 2.75) is 9.90 Å². The summed E-state index contributed by atoms with van der Waals surface area (Å²) in [5, 5.41) is 9.39. The first kappa shape index (κ1) is 12.0. The minimum atomic E-state index is -1.97. The van der Waals surface area contributed by atoms with E-state index in [1.807, 2.05) is 0 Å². The van der Waals surface area contributed by atoms with Gasteiger partial charge in [0.05, 0.1) is 0 Å². The second-order valence-electron chi connectivity index (χ2n) is 2.62. The fourth-order valence-electron chi connectivity index (χ4n) is 0.871. The monoisotopic (exact) mass is 260 g/mol. The van der Waals surface area contributed by atoms with Crippen LogP contribution in [-0.4, -0.2) is 8.90 Å². The molecule has 1 N–H and O–H groups in total. The van der Waals surface area contributed by atoms with Crippen molar-refractivity contribution in [1.82, 2.24) is 0 Å². The zero-order chi connectivity index (χ0) is 10.9. The highest BCUT2D eigenvalue weighted by Crippen LogP contribution is 2.39. The maximum absolute atomic E-state index is 12.7. The fraction of sp³-hybridized carbons (Fsp3) is 0.250. The van der Waals surface area contributed by atoms with Gasteiger partial charge in [0.1, 0.15) is 6.10 Å². The highest BCUT2D eigenvalue weighted by atomic mass is 35.6. The Bertz CT molecular complexity index is 338. The van der Waals surface area contributed by atoms with Crippen molar-refractivity contribution in [2.24, 2.45) is 0 Å². The summed E-state index contributed by atoms with van der Waals surface area (Å²) < 4.78 is 23.2. The minimum absolute atomic E-state index is 0.00361. The molecule has 1 aromatic rings. The summed E-state index contributed by atoms with van der Waals surface area (Å²) in [4.78, 5) is 0. The van der Waals surface area contributed by atoms with Gasteiger partial charge in [-0.15, -0.1) is 0 Å². The molecule has 0 spiro atoms. The van der Waals surface area contributed by atoms with Crippen LogP contribution in [0.15, 0.2) is 18.2 Å². The van der Waals surface area contributed by atoms with Gasteiger partial charge in [0.2, 0.25) is 3.79 Å². The summed E-state index contributed by atoms with van der Waals surface area (Å²) in [6.07, 6.45) is -1.50. The van der Waals surface area contributed by atoms with E-state index in [9.17, 15) is 13.9 Å². The van der Waals surface area contributed by atoms with Crippen LogP contribution in [0.25, 0.3) is 0 Å². The molecule has 1 atom stereocenters. The highest BCUT2D eigenvalue weighted by Gasteiger charge is 2.32. The van der Waals surface area contributed by atoms with E-state index in [1.54, 1.807) is 0 Å². The molecule has 6 heteroatoms. The molecule has 0 heterocycles. The normalized spacial score (nSPS) is 14.1. The van der Waals surface area contributed by atoms with Crippen LogP contribution >= 0.6 is 34.8 Å². The lowest BCUT2D eigenvalue weighted by atomic mass is 10.1. The number of aliphatic hydroxyl groups excluding tert-OH is 1. The van der Waals surface area contributed by atoms with Gasteiger partial charge in [0, 0.05) is 0 Å². The van der Waals surface area contributed by atoms with Gasteiger partial charge in [-0.1, -0.05) is 40.9 Å². The number of halogens is 5. The largest absolute Gasteiger partial charge is 0.384 e. The van der Waals surface area contributed by atoms with Crippen LogP contribution in [0.2, 0.25) is 0 Å². The topological polar surface area (TPSA) is 20.2 Å². The highest BCUT2D eigenvalue weighted by molar-refractivity contribution is 6.68. The zero-order valence-corrected chi connectivity index (χ0v) is 8.91. The molecule has 78 valence electrons. The lowest BCUT2D eigenvalue weighted by Crippen LogP contribution is -2.16. The van der Waals surface area contributed by atoms with Crippen molar-refractivity contribution in [3.8, 4) is 0 Å². The van der Waals surface area contributed by atoms with Crippen LogP contribution in [-0.2, 0) is 0 Å². The molecule has 0 aliphatic rings. The standard InChI is InChI=1S/C8H5Cl3F2O/c9-8(10,11)7(14)4-1-2-5(12)6(13)3-4/h1-3,7,14H. The van der Waals surface area contributed by atoms with E-state index in [4.69, 9.17) is 34.8 Å². The van der Waals surface area contributed by atoms with Crippen LogP contribution in [0.1, 0.15) is 11.7 Å². The number of benzene rings is 1. The number of alkyl halides is 3. The molecule has 0 bridgehead atoms. The van der Waals surface area contributed by atoms with Gasteiger partial charge in [-0.25, -0.2) is 8.78 Å². The van der Waals surface area contributed by atoms with E-state index in [2.05, 4.69) is 0 Å². The van der Waals surface area contributed by atoms with Gasteiger partial charge in [0.15, 0.2) is 11.6 Å². The Morgan fingerprint density at radius 1 is 1.14 bits per heavy atom.